The first-order valence-electron chi connectivity index (χ1n) is 8.21. The number of hydrogen-bond donors (Lipinski definition) is 1. The highest BCUT2D eigenvalue weighted by atomic mass is 16.3. The largest absolute Gasteiger partial charge is 0.388 e. The number of hydrogen-bond acceptors (Lipinski definition) is 3. The SMILES string of the molecule is C[C@]12CCC(=O)C=C1C=C[C@@H]1C2=CC[C@]2(C)C(=O)CC[C@]12O. The molecule has 4 atom stereocenters. The van der Waals surface area contributed by atoms with Gasteiger partial charge in [-0.15, -0.1) is 0 Å². The van der Waals surface area contributed by atoms with Crippen LogP contribution in [0.2, 0.25) is 0 Å². The van der Waals surface area contributed by atoms with Crippen molar-refractivity contribution in [1.82, 2.24) is 0 Å². The van der Waals surface area contributed by atoms with Gasteiger partial charge >= 0.3 is 0 Å². The van der Waals surface area contributed by atoms with Gasteiger partial charge in [-0.25, -0.2) is 0 Å². The quantitative estimate of drug-likeness (QED) is 0.700. The topological polar surface area (TPSA) is 54.4 Å². The van der Waals surface area contributed by atoms with E-state index in [-0.39, 0.29) is 22.9 Å². The Hall–Kier alpha value is -1.48. The fourth-order valence-electron chi connectivity index (χ4n) is 5.08. The van der Waals surface area contributed by atoms with Crippen LogP contribution in [0.5, 0.6) is 0 Å². The third kappa shape index (κ3) is 1.45. The Kier molecular flexibility index (Phi) is 2.62. The predicted molar refractivity (Wildman–Crippen MR) is 83.1 cm³/mol. The van der Waals surface area contributed by atoms with Crippen LogP contribution < -0.4 is 0 Å². The molecule has 4 rings (SSSR count). The Labute approximate surface area is 130 Å². The second-order valence-electron chi connectivity index (χ2n) is 7.78. The summed E-state index contributed by atoms with van der Waals surface area (Å²) in [7, 11) is 0. The number of fused-ring (bicyclic) bond motifs is 5. The minimum absolute atomic E-state index is 0.104. The first-order valence-corrected chi connectivity index (χ1v) is 8.21. The molecule has 1 fully saturated rings. The van der Waals surface area contributed by atoms with Crippen molar-refractivity contribution in [2.24, 2.45) is 16.7 Å². The Morgan fingerprint density at radius 2 is 1.95 bits per heavy atom. The van der Waals surface area contributed by atoms with Crippen LogP contribution in [0.4, 0.5) is 0 Å². The van der Waals surface area contributed by atoms with Gasteiger partial charge in [0.2, 0.25) is 0 Å². The lowest BCUT2D eigenvalue weighted by atomic mass is 9.52. The molecule has 0 spiro atoms. The smallest absolute Gasteiger partial charge is 0.156 e. The van der Waals surface area contributed by atoms with Crippen molar-refractivity contribution in [3.8, 4) is 0 Å². The molecule has 1 saturated carbocycles. The zero-order chi connectivity index (χ0) is 15.8. The van der Waals surface area contributed by atoms with Crippen molar-refractivity contribution in [3.05, 3.63) is 35.5 Å². The summed E-state index contributed by atoms with van der Waals surface area (Å²) >= 11 is 0. The van der Waals surface area contributed by atoms with Crippen molar-refractivity contribution in [3.63, 3.8) is 0 Å². The average Bonchev–Trinajstić information content (AvgIpc) is 2.72. The predicted octanol–water partition coefficient (Wildman–Crippen LogP) is 2.90. The molecule has 3 nitrogen and oxygen atoms in total. The molecule has 22 heavy (non-hydrogen) atoms. The molecule has 0 unspecified atom stereocenters. The van der Waals surface area contributed by atoms with Crippen LogP contribution >= 0.6 is 0 Å². The van der Waals surface area contributed by atoms with E-state index in [1.54, 1.807) is 6.08 Å². The third-order valence-electron chi connectivity index (χ3n) is 6.81. The van der Waals surface area contributed by atoms with Crippen LogP contribution in [-0.2, 0) is 9.59 Å². The van der Waals surface area contributed by atoms with Gasteiger partial charge < -0.3 is 5.11 Å². The molecular formula is C19H22O3. The van der Waals surface area contributed by atoms with Gasteiger partial charge in [0.05, 0.1) is 11.0 Å². The van der Waals surface area contributed by atoms with E-state index in [1.165, 1.54) is 5.57 Å². The van der Waals surface area contributed by atoms with E-state index in [0.29, 0.717) is 25.7 Å². The fraction of sp³-hybridized carbons (Fsp3) is 0.579. The first kappa shape index (κ1) is 14.1. The maximum absolute atomic E-state index is 12.3. The van der Waals surface area contributed by atoms with Gasteiger partial charge in [-0.2, -0.15) is 0 Å². The Balaban J connectivity index is 1.88. The van der Waals surface area contributed by atoms with E-state index in [9.17, 15) is 14.7 Å². The number of carbonyl (C=O) groups is 2. The van der Waals surface area contributed by atoms with Crippen molar-refractivity contribution < 1.29 is 14.7 Å². The van der Waals surface area contributed by atoms with Crippen LogP contribution in [0.1, 0.15) is 46.0 Å². The van der Waals surface area contributed by atoms with Crippen LogP contribution in [0.3, 0.4) is 0 Å². The molecule has 0 bridgehead atoms. The minimum atomic E-state index is -0.972. The first-order chi connectivity index (χ1) is 10.3. The molecule has 0 aromatic carbocycles. The van der Waals surface area contributed by atoms with Gasteiger partial charge in [0.25, 0.3) is 0 Å². The Bertz CT molecular complexity index is 683. The fourth-order valence-corrected chi connectivity index (χ4v) is 5.08. The highest BCUT2D eigenvalue weighted by molar-refractivity contribution is 5.93. The van der Waals surface area contributed by atoms with Crippen molar-refractivity contribution in [1.29, 1.82) is 0 Å². The molecule has 0 aliphatic heterocycles. The van der Waals surface area contributed by atoms with Crippen LogP contribution in [0.25, 0.3) is 0 Å². The molecule has 3 heteroatoms. The number of ketones is 2. The normalized spacial score (nSPS) is 46.6. The number of carbonyl (C=O) groups excluding carboxylic acids is 2. The third-order valence-corrected chi connectivity index (χ3v) is 6.81. The number of allylic oxidation sites excluding steroid dienone is 4. The molecule has 4 aliphatic rings. The highest BCUT2D eigenvalue weighted by Gasteiger charge is 2.63. The lowest BCUT2D eigenvalue weighted by Gasteiger charge is -2.53. The molecule has 0 radical (unpaired) electrons. The van der Waals surface area contributed by atoms with E-state index < -0.39 is 11.0 Å². The number of aliphatic hydroxyl groups is 1. The summed E-state index contributed by atoms with van der Waals surface area (Å²) in [6.45, 7) is 4.10. The van der Waals surface area contributed by atoms with Gasteiger partial charge in [-0.05, 0) is 37.8 Å². The number of Topliss-reactive ketones (excluding diaryl/α,β-unsaturated/α-hetero) is 1. The van der Waals surface area contributed by atoms with E-state index in [0.717, 1.165) is 12.0 Å². The van der Waals surface area contributed by atoms with Crippen LogP contribution in [0, 0.1) is 16.7 Å². The summed E-state index contributed by atoms with van der Waals surface area (Å²) in [6, 6.07) is 0. The molecule has 0 aromatic heterocycles. The van der Waals surface area contributed by atoms with E-state index in [2.05, 4.69) is 13.0 Å². The minimum Gasteiger partial charge on any atom is -0.388 e. The second-order valence-corrected chi connectivity index (χ2v) is 7.78. The second kappa shape index (κ2) is 4.08. The van der Waals surface area contributed by atoms with Gasteiger partial charge in [-0.1, -0.05) is 30.7 Å². The lowest BCUT2D eigenvalue weighted by Crippen LogP contribution is -2.55. The van der Waals surface area contributed by atoms with Gasteiger partial charge in [0, 0.05) is 24.2 Å². The summed E-state index contributed by atoms with van der Waals surface area (Å²) in [4.78, 5) is 24.1. The maximum atomic E-state index is 12.3. The van der Waals surface area contributed by atoms with Gasteiger partial charge in [-0.3, -0.25) is 9.59 Å². The van der Waals surface area contributed by atoms with Crippen LogP contribution in [-0.4, -0.2) is 22.3 Å². The summed E-state index contributed by atoms with van der Waals surface area (Å²) in [5.41, 5.74) is 0.468. The maximum Gasteiger partial charge on any atom is 0.156 e. The molecule has 0 aromatic rings. The van der Waals surface area contributed by atoms with Crippen molar-refractivity contribution >= 4 is 11.6 Å². The van der Waals surface area contributed by atoms with Crippen molar-refractivity contribution in [2.75, 3.05) is 0 Å². The molecule has 0 amide bonds. The summed E-state index contributed by atoms with van der Waals surface area (Å²) in [5, 5.41) is 11.4. The zero-order valence-corrected chi connectivity index (χ0v) is 13.2. The molecule has 0 heterocycles. The molecule has 0 saturated heterocycles. The lowest BCUT2D eigenvalue weighted by molar-refractivity contribution is -0.139. The molecule has 116 valence electrons. The van der Waals surface area contributed by atoms with E-state index >= 15 is 0 Å². The van der Waals surface area contributed by atoms with Gasteiger partial charge in [0.1, 0.15) is 5.78 Å². The molecule has 4 aliphatic carbocycles. The van der Waals surface area contributed by atoms with Gasteiger partial charge in [0.15, 0.2) is 5.78 Å². The monoisotopic (exact) mass is 298 g/mol. The standard InChI is InChI=1S/C19H22O3/c1-17-8-5-13(20)11-12(17)3-4-15-14(17)6-9-18(2)16(21)7-10-19(15,18)22/h3-4,6,11,15,22H,5,7-10H2,1-2H3/t15-,17+,18-,19+/m1/s1. The summed E-state index contributed by atoms with van der Waals surface area (Å²) in [5.74, 6) is 0.267. The molecular weight excluding hydrogens is 276 g/mol. The summed E-state index contributed by atoms with van der Waals surface area (Å²) < 4.78 is 0. The Morgan fingerprint density at radius 1 is 1.18 bits per heavy atom. The average molecular weight is 298 g/mol. The summed E-state index contributed by atoms with van der Waals surface area (Å²) in [6.07, 6.45) is 10.9. The molecule has 1 N–H and O–H groups in total. The van der Waals surface area contributed by atoms with E-state index in [4.69, 9.17) is 0 Å². The van der Waals surface area contributed by atoms with E-state index in [1.807, 2.05) is 19.1 Å². The zero-order valence-electron chi connectivity index (χ0n) is 13.2. The highest BCUT2D eigenvalue weighted by Crippen LogP contribution is 2.61. The number of rotatable bonds is 0. The Morgan fingerprint density at radius 3 is 2.73 bits per heavy atom. The van der Waals surface area contributed by atoms with Crippen molar-refractivity contribution in [2.45, 2.75) is 51.6 Å². The van der Waals surface area contributed by atoms with Crippen LogP contribution in [0.15, 0.2) is 35.5 Å².